The summed E-state index contributed by atoms with van der Waals surface area (Å²) in [4.78, 5) is 4.19. The van der Waals surface area contributed by atoms with Gasteiger partial charge in [-0.3, -0.25) is 0 Å². The van der Waals surface area contributed by atoms with Crippen molar-refractivity contribution in [3.63, 3.8) is 0 Å². The fourth-order valence-corrected chi connectivity index (χ4v) is 2.00. The summed E-state index contributed by atoms with van der Waals surface area (Å²) in [5.74, 6) is 0.871. The molecule has 1 aliphatic rings. The standard InChI is InChI=1S/C14H17N3O/c15-7-11-1-5-14(6-2-11)18-9-13-8-16-10-17(13)12-3-4-12/h1-2,5-6,8,10,12H,3-4,7,9,15H2. The first-order valence-corrected chi connectivity index (χ1v) is 6.29. The molecule has 2 aromatic rings. The van der Waals surface area contributed by atoms with E-state index in [1.54, 1.807) is 0 Å². The zero-order valence-electron chi connectivity index (χ0n) is 10.2. The third kappa shape index (κ3) is 2.38. The van der Waals surface area contributed by atoms with Crippen molar-refractivity contribution in [2.45, 2.75) is 32.0 Å². The number of nitrogens with two attached hydrogens (primary N) is 1. The summed E-state index contributed by atoms with van der Waals surface area (Å²) in [5, 5.41) is 0. The molecular weight excluding hydrogens is 226 g/mol. The number of hydrogen-bond donors (Lipinski definition) is 1. The highest BCUT2D eigenvalue weighted by atomic mass is 16.5. The highest BCUT2D eigenvalue weighted by molar-refractivity contribution is 5.27. The highest BCUT2D eigenvalue weighted by Crippen LogP contribution is 2.35. The lowest BCUT2D eigenvalue weighted by Gasteiger charge is -2.09. The van der Waals surface area contributed by atoms with Crippen molar-refractivity contribution >= 4 is 0 Å². The van der Waals surface area contributed by atoms with Crippen LogP contribution in [-0.2, 0) is 13.2 Å². The van der Waals surface area contributed by atoms with E-state index in [1.807, 2.05) is 36.8 Å². The molecule has 94 valence electrons. The summed E-state index contributed by atoms with van der Waals surface area (Å²) < 4.78 is 7.98. The van der Waals surface area contributed by atoms with Crippen molar-refractivity contribution in [2.75, 3.05) is 0 Å². The predicted molar refractivity (Wildman–Crippen MR) is 69.2 cm³/mol. The second-order valence-electron chi connectivity index (χ2n) is 4.66. The Morgan fingerprint density at radius 1 is 1.28 bits per heavy atom. The molecule has 0 bridgehead atoms. The van der Waals surface area contributed by atoms with Crippen LogP contribution in [0.15, 0.2) is 36.8 Å². The van der Waals surface area contributed by atoms with E-state index in [4.69, 9.17) is 10.5 Å². The van der Waals surface area contributed by atoms with Crippen LogP contribution in [-0.4, -0.2) is 9.55 Å². The first-order chi connectivity index (χ1) is 8.86. The molecule has 0 radical (unpaired) electrons. The lowest BCUT2D eigenvalue weighted by molar-refractivity contribution is 0.295. The smallest absolute Gasteiger partial charge is 0.130 e. The monoisotopic (exact) mass is 243 g/mol. The van der Waals surface area contributed by atoms with Crippen LogP contribution in [0.3, 0.4) is 0 Å². The predicted octanol–water partition coefficient (Wildman–Crippen LogP) is 2.26. The van der Waals surface area contributed by atoms with E-state index in [0.29, 0.717) is 19.2 Å². The number of imidazole rings is 1. The van der Waals surface area contributed by atoms with Crippen LogP contribution < -0.4 is 10.5 Å². The maximum Gasteiger partial charge on any atom is 0.130 e. The number of rotatable bonds is 5. The van der Waals surface area contributed by atoms with Crippen LogP contribution in [0.5, 0.6) is 5.75 Å². The summed E-state index contributed by atoms with van der Waals surface area (Å²) in [7, 11) is 0. The second kappa shape index (κ2) is 4.82. The number of benzene rings is 1. The minimum atomic E-state index is 0.564. The van der Waals surface area contributed by atoms with Crippen LogP contribution in [0.1, 0.15) is 30.1 Å². The molecule has 2 N–H and O–H groups in total. The molecular formula is C14H17N3O. The fourth-order valence-electron chi connectivity index (χ4n) is 2.00. The van der Waals surface area contributed by atoms with Gasteiger partial charge in [0.25, 0.3) is 0 Å². The topological polar surface area (TPSA) is 53.1 Å². The molecule has 0 aliphatic heterocycles. The molecule has 4 nitrogen and oxygen atoms in total. The van der Waals surface area contributed by atoms with Gasteiger partial charge in [0.1, 0.15) is 12.4 Å². The van der Waals surface area contributed by atoms with Gasteiger partial charge in [0.05, 0.1) is 18.2 Å². The Kier molecular flexibility index (Phi) is 3.02. The number of nitrogens with zero attached hydrogens (tertiary/aromatic N) is 2. The van der Waals surface area contributed by atoms with Gasteiger partial charge >= 0.3 is 0 Å². The van der Waals surface area contributed by atoms with Crippen LogP contribution in [0.25, 0.3) is 0 Å². The van der Waals surface area contributed by atoms with Crippen molar-refractivity contribution in [1.29, 1.82) is 0 Å². The van der Waals surface area contributed by atoms with Crippen molar-refractivity contribution in [3.05, 3.63) is 48.0 Å². The van der Waals surface area contributed by atoms with Gasteiger partial charge in [-0.1, -0.05) is 12.1 Å². The molecule has 1 aromatic carbocycles. The normalized spacial score (nSPS) is 14.7. The average Bonchev–Trinajstić information content (AvgIpc) is 3.16. The van der Waals surface area contributed by atoms with Gasteiger partial charge < -0.3 is 15.0 Å². The summed E-state index contributed by atoms with van der Waals surface area (Å²) in [6.45, 7) is 1.13. The Labute approximate surface area is 106 Å². The average molecular weight is 243 g/mol. The van der Waals surface area contributed by atoms with Crippen LogP contribution in [0.2, 0.25) is 0 Å². The van der Waals surface area contributed by atoms with Gasteiger partial charge in [0.15, 0.2) is 0 Å². The molecule has 0 atom stereocenters. The van der Waals surface area contributed by atoms with Crippen LogP contribution in [0, 0.1) is 0 Å². The summed E-state index contributed by atoms with van der Waals surface area (Å²) >= 11 is 0. The minimum Gasteiger partial charge on any atom is -0.487 e. The Hall–Kier alpha value is -1.81. The highest BCUT2D eigenvalue weighted by Gasteiger charge is 2.25. The number of hydrogen-bond acceptors (Lipinski definition) is 3. The molecule has 18 heavy (non-hydrogen) atoms. The minimum absolute atomic E-state index is 0.564. The molecule has 0 spiro atoms. The molecule has 0 unspecified atom stereocenters. The lowest BCUT2D eigenvalue weighted by atomic mass is 10.2. The molecule has 4 heteroatoms. The Morgan fingerprint density at radius 3 is 2.72 bits per heavy atom. The second-order valence-corrected chi connectivity index (χ2v) is 4.66. The van der Waals surface area contributed by atoms with Crippen LogP contribution >= 0.6 is 0 Å². The third-order valence-electron chi connectivity index (χ3n) is 3.23. The van der Waals surface area contributed by atoms with E-state index >= 15 is 0 Å². The van der Waals surface area contributed by atoms with E-state index in [1.165, 1.54) is 12.8 Å². The number of aromatic nitrogens is 2. The molecule has 1 aliphatic carbocycles. The number of ether oxygens (including phenoxy) is 1. The maximum atomic E-state index is 5.77. The van der Waals surface area contributed by atoms with E-state index in [0.717, 1.165) is 17.0 Å². The molecule has 1 aromatic heterocycles. The van der Waals surface area contributed by atoms with Crippen molar-refractivity contribution in [2.24, 2.45) is 5.73 Å². The summed E-state index contributed by atoms with van der Waals surface area (Å²) in [6, 6.07) is 8.55. The zero-order chi connectivity index (χ0) is 12.4. The Bertz CT molecular complexity index is 514. The van der Waals surface area contributed by atoms with Gasteiger partial charge in [0, 0.05) is 12.6 Å². The van der Waals surface area contributed by atoms with Gasteiger partial charge in [0.2, 0.25) is 0 Å². The quantitative estimate of drug-likeness (QED) is 0.876. The SMILES string of the molecule is NCc1ccc(OCc2cncn2C2CC2)cc1. The molecule has 1 fully saturated rings. The van der Waals surface area contributed by atoms with Gasteiger partial charge in [-0.05, 0) is 30.5 Å². The Morgan fingerprint density at radius 2 is 2.06 bits per heavy atom. The largest absolute Gasteiger partial charge is 0.487 e. The summed E-state index contributed by atoms with van der Waals surface area (Å²) in [6.07, 6.45) is 6.30. The van der Waals surface area contributed by atoms with Crippen LogP contribution in [0.4, 0.5) is 0 Å². The fraction of sp³-hybridized carbons (Fsp3) is 0.357. The molecule has 0 amide bonds. The first-order valence-electron chi connectivity index (χ1n) is 6.29. The molecule has 0 saturated heterocycles. The summed E-state index contributed by atoms with van der Waals surface area (Å²) in [5.41, 5.74) is 7.81. The molecule has 1 saturated carbocycles. The van der Waals surface area contributed by atoms with Crippen molar-refractivity contribution in [1.82, 2.24) is 9.55 Å². The van der Waals surface area contributed by atoms with Crippen molar-refractivity contribution < 1.29 is 4.74 Å². The van der Waals surface area contributed by atoms with E-state index in [2.05, 4.69) is 9.55 Å². The van der Waals surface area contributed by atoms with Gasteiger partial charge in [-0.25, -0.2) is 4.98 Å². The van der Waals surface area contributed by atoms with Gasteiger partial charge in [-0.2, -0.15) is 0 Å². The maximum absolute atomic E-state index is 5.77. The first kappa shape index (κ1) is 11.3. The van der Waals surface area contributed by atoms with E-state index in [-0.39, 0.29) is 0 Å². The Balaban J connectivity index is 1.64. The molecule has 3 rings (SSSR count). The van der Waals surface area contributed by atoms with Crippen molar-refractivity contribution in [3.8, 4) is 5.75 Å². The third-order valence-corrected chi connectivity index (χ3v) is 3.23. The lowest BCUT2D eigenvalue weighted by Crippen LogP contribution is -2.03. The van der Waals surface area contributed by atoms with E-state index < -0.39 is 0 Å². The zero-order valence-corrected chi connectivity index (χ0v) is 10.2. The molecule has 1 heterocycles. The van der Waals surface area contributed by atoms with E-state index in [9.17, 15) is 0 Å². The van der Waals surface area contributed by atoms with Gasteiger partial charge in [-0.15, -0.1) is 0 Å².